The lowest BCUT2D eigenvalue weighted by Crippen LogP contribution is -2.61. The van der Waals surface area contributed by atoms with Crippen molar-refractivity contribution >= 4 is 40.6 Å². The number of para-hydroxylation sites is 1. The third-order valence-corrected chi connectivity index (χ3v) is 7.03. The molecule has 1 aliphatic rings. The summed E-state index contributed by atoms with van der Waals surface area (Å²) < 4.78 is 31.0. The lowest BCUT2D eigenvalue weighted by atomic mass is 9.97. The first kappa shape index (κ1) is 31.1. The SMILES string of the molecule is CC(=O)OC[C@H]1O[C@@H](n2nc3n(-c4cccc(C)c4)c(=O)c4ccccc4n3c2=O)[C@H](OC(C)=O)[C@@H](OC(C)=O)[C@@H]1OC(C)=O. The van der Waals surface area contributed by atoms with Gasteiger partial charge in [0.25, 0.3) is 5.56 Å². The molecular formula is C30H30N4O11. The van der Waals surface area contributed by atoms with Gasteiger partial charge in [0, 0.05) is 27.7 Å². The van der Waals surface area contributed by atoms with Crippen molar-refractivity contribution in [3.8, 4) is 5.69 Å². The van der Waals surface area contributed by atoms with Crippen LogP contribution in [0.15, 0.2) is 58.1 Å². The fourth-order valence-corrected chi connectivity index (χ4v) is 5.36. The maximum absolute atomic E-state index is 14.2. The van der Waals surface area contributed by atoms with Gasteiger partial charge < -0.3 is 23.7 Å². The molecule has 0 unspecified atom stereocenters. The van der Waals surface area contributed by atoms with E-state index in [2.05, 4.69) is 5.10 Å². The lowest BCUT2D eigenvalue weighted by Gasteiger charge is -2.43. The van der Waals surface area contributed by atoms with Crippen LogP contribution in [0.1, 0.15) is 39.5 Å². The molecule has 1 aliphatic heterocycles. The number of aryl methyl sites for hydroxylation is 1. The van der Waals surface area contributed by atoms with Crippen molar-refractivity contribution in [2.45, 2.75) is 65.3 Å². The Hall–Kier alpha value is -5.31. The van der Waals surface area contributed by atoms with Crippen molar-refractivity contribution in [1.82, 2.24) is 18.7 Å². The molecule has 45 heavy (non-hydrogen) atoms. The molecule has 3 heterocycles. The van der Waals surface area contributed by atoms with E-state index in [9.17, 15) is 28.8 Å². The van der Waals surface area contributed by atoms with Gasteiger partial charge in [-0.2, -0.15) is 4.68 Å². The Morgan fingerprint density at radius 3 is 2.11 bits per heavy atom. The standard InChI is InChI=1S/C30H30N4O11/c1-15-9-8-10-20(13-15)32-27(39)21-11-6-7-12-22(21)33-29(32)31-34(30(33)40)28-26(44-19(5)38)25(43-18(4)37)24(42-17(3)36)23(45-28)14-41-16(2)35/h6-13,23-26,28H,14H2,1-5H3/t23-,24-,25+,26-,28-/m1/s1. The number of hydrogen-bond donors (Lipinski definition) is 0. The predicted molar refractivity (Wildman–Crippen MR) is 154 cm³/mol. The quantitative estimate of drug-likeness (QED) is 0.214. The Morgan fingerprint density at radius 2 is 1.47 bits per heavy atom. The Morgan fingerprint density at radius 1 is 0.822 bits per heavy atom. The van der Waals surface area contributed by atoms with Crippen LogP contribution in [0.5, 0.6) is 0 Å². The highest BCUT2D eigenvalue weighted by molar-refractivity contribution is 5.80. The molecular weight excluding hydrogens is 592 g/mol. The van der Waals surface area contributed by atoms with Gasteiger partial charge in [0.1, 0.15) is 12.7 Å². The molecule has 5 atom stereocenters. The van der Waals surface area contributed by atoms with Crippen LogP contribution in [-0.2, 0) is 42.9 Å². The topological polar surface area (TPSA) is 176 Å². The summed E-state index contributed by atoms with van der Waals surface area (Å²) in [5.74, 6) is -3.26. The zero-order chi connectivity index (χ0) is 32.6. The first-order valence-corrected chi connectivity index (χ1v) is 13.9. The average molecular weight is 623 g/mol. The van der Waals surface area contributed by atoms with Gasteiger partial charge in [-0.15, -0.1) is 5.10 Å². The molecule has 15 nitrogen and oxygen atoms in total. The van der Waals surface area contributed by atoms with Crippen molar-refractivity contribution in [3.05, 3.63) is 74.9 Å². The molecule has 0 bridgehead atoms. The fourth-order valence-electron chi connectivity index (χ4n) is 5.36. The second-order valence-electron chi connectivity index (χ2n) is 10.4. The summed E-state index contributed by atoms with van der Waals surface area (Å²) >= 11 is 0. The monoisotopic (exact) mass is 622 g/mol. The zero-order valence-electron chi connectivity index (χ0n) is 25.0. The third-order valence-electron chi connectivity index (χ3n) is 7.03. The number of ether oxygens (including phenoxy) is 5. The Labute approximate surface area is 254 Å². The molecule has 1 fully saturated rings. The molecule has 0 spiro atoms. The van der Waals surface area contributed by atoms with Gasteiger partial charge in [-0.3, -0.25) is 24.0 Å². The number of carbonyl (C=O) groups is 4. The smallest absolute Gasteiger partial charge is 0.354 e. The van der Waals surface area contributed by atoms with Gasteiger partial charge >= 0.3 is 29.6 Å². The van der Waals surface area contributed by atoms with E-state index in [1.807, 2.05) is 13.0 Å². The normalized spacial score (nSPS) is 21.3. The second kappa shape index (κ2) is 12.4. The van der Waals surface area contributed by atoms with E-state index in [1.54, 1.807) is 42.5 Å². The number of carbonyl (C=O) groups excluding carboxylic acids is 4. The molecule has 0 saturated carbocycles. The van der Waals surface area contributed by atoms with E-state index in [4.69, 9.17) is 23.7 Å². The van der Waals surface area contributed by atoms with Crippen LogP contribution in [0.2, 0.25) is 0 Å². The van der Waals surface area contributed by atoms with Gasteiger partial charge in [-0.25, -0.2) is 13.8 Å². The number of nitrogens with zero attached hydrogens (tertiary/aromatic N) is 4. The highest BCUT2D eigenvalue weighted by Crippen LogP contribution is 2.34. The highest BCUT2D eigenvalue weighted by atomic mass is 16.7. The predicted octanol–water partition coefficient (Wildman–Crippen LogP) is 1.36. The molecule has 236 valence electrons. The van der Waals surface area contributed by atoms with E-state index in [0.29, 0.717) is 5.69 Å². The minimum absolute atomic E-state index is 0.0952. The van der Waals surface area contributed by atoms with E-state index >= 15 is 0 Å². The Bertz CT molecular complexity index is 1940. The van der Waals surface area contributed by atoms with E-state index in [-0.39, 0.29) is 16.7 Å². The van der Waals surface area contributed by atoms with E-state index in [1.165, 1.54) is 8.97 Å². The van der Waals surface area contributed by atoms with E-state index < -0.39 is 72.4 Å². The number of rotatable bonds is 7. The van der Waals surface area contributed by atoms with Crippen LogP contribution in [0, 0.1) is 6.92 Å². The molecule has 5 rings (SSSR count). The van der Waals surface area contributed by atoms with Gasteiger partial charge in [-0.1, -0.05) is 24.3 Å². The molecule has 0 amide bonds. The molecule has 1 saturated heterocycles. The van der Waals surface area contributed by atoms with Gasteiger partial charge in [0.15, 0.2) is 24.5 Å². The van der Waals surface area contributed by atoms with Crippen LogP contribution in [-0.4, -0.2) is 73.6 Å². The molecule has 0 N–H and O–H groups in total. The van der Waals surface area contributed by atoms with Gasteiger partial charge in [-0.05, 0) is 36.8 Å². The molecule has 4 aromatic rings. The fraction of sp³-hybridized carbons (Fsp3) is 0.367. The van der Waals surface area contributed by atoms with E-state index in [0.717, 1.165) is 37.9 Å². The van der Waals surface area contributed by atoms with Crippen molar-refractivity contribution in [2.24, 2.45) is 0 Å². The molecule has 0 aliphatic carbocycles. The summed E-state index contributed by atoms with van der Waals surface area (Å²) in [4.78, 5) is 76.5. The Balaban J connectivity index is 1.79. The zero-order valence-corrected chi connectivity index (χ0v) is 25.0. The molecule has 15 heteroatoms. The van der Waals surface area contributed by atoms with Crippen molar-refractivity contribution in [3.63, 3.8) is 0 Å². The Kier molecular flexibility index (Phi) is 8.55. The van der Waals surface area contributed by atoms with Gasteiger partial charge in [0.2, 0.25) is 5.78 Å². The summed E-state index contributed by atoms with van der Waals surface area (Å²) in [6, 6.07) is 13.5. The first-order chi connectivity index (χ1) is 21.4. The average Bonchev–Trinajstić information content (AvgIpc) is 3.30. The van der Waals surface area contributed by atoms with Crippen LogP contribution in [0.4, 0.5) is 0 Å². The molecule has 2 aromatic carbocycles. The first-order valence-electron chi connectivity index (χ1n) is 13.9. The van der Waals surface area contributed by atoms with Crippen LogP contribution in [0.3, 0.4) is 0 Å². The highest BCUT2D eigenvalue weighted by Gasteiger charge is 2.54. The van der Waals surface area contributed by atoms with Crippen LogP contribution in [0.25, 0.3) is 22.4 Å². The minimum atomic E-state index is -1.61. The van der Waals surface area contributed by atoms with Gasteiger partial charge in [0.05, 0.1) is 16.6 Å². The number of benzene rings is 2. The van der Waals surface area contributed by atoms with Crippen molar-refractivity contribution in [1.29, 1.82) is 0 Å². The van der Waals surface area contributed by atoms with Crippen molar-refractivity contribution < 1.29 is 42.9 Å². The van der Waals surface area contributed by atoms with Crippen LogP contribution < -0.4 is 11.2 Å². The summed E-state index contributed by atoms with van der Waals surface area (Å²) in [6.45, 7) is 5.77. The number of hydrogen-bond acceptors (Lipinski definition) is 12. The maximum Gasteiger partial charge on any atom is 0.354 e. The summed E-state index contributed by atoms with van der Waals surface area (Å²) in [5.41, 5.74) is 0.246. The number of fused-ring (bicyclic) bond motifs is 3. The van der Waals surface area contributed by atoms with Crippen molar-refractivity contribution in [2.75, 3.05) is 6.61 Å². The molecule has 0 radical (unpaired) electrons. The summed E-state index contributed by atoms with van der Waals surface area (Å²) in [6.07, 6.45) is -7.46. The maximum atomic E-state index is 14.2. The summed E-state index contributed by atoms with van der Waals surface area (Å²) in [5, 5.41) is 4.71. The number of esters is 4. The number of aromatic nitrogens is 4. The van der Waals surface area contributed by atoms with Crippen LogP contribution >= 0.6 is 0 Å². The molecule has 2 aromatic heterocycles. The summed E-state index contributed by atoms with van der Waals surface area (Å²) in [7, 11) is 0. The third kappa shape index (κ3) is 6.06. The lowest BCUT2D eigenvalue weighted by molar-refractivity contribution is -0.270. The largest absolute Gasteiger partial charge is 0.463 e. The minimum Gasteiger partial charge on any atom is -0.463 e. The second-order valence-corrected chi connectivity index (χ2v) is 10.4.